The predicted octanol–water partition coefficient (Wildman–Crippen LogP) is 5.61. The summed E-state index contributed by atoms with van der Waals surface area (Å²) in [6, 6.07) is 17.2. The molecule has 7 heteroatoms. The summed E-state index contributed by atoms with van der Waals surface area (Å²) >= 11 is 0. The Morgan fingerprint density at radius 1 is 0.895 bits per heavy atom. The topological polar surface area (TPSA) is 85.3 Å². The van der Waals surface area contributed by atoms with Crippen LogP contribution in [-0.4, -0.2) is 37.6 Å². The van der Waals surface area contributed by atoms with Crippen LogP contribution < -0.4 is 19.1 Å². The number of Topliss-reactive ketones (excluding diaryl/α,β-unsaturated/α-hetero) is 1. The summed E-state index contributed by atoms with van der Waals surface area (Å²) in [6.45, 7) is 2.27. The zero-order chi connectivity index (χ0) is 26.8. The first-order valence-electron chi connectivity index (χ1n) is 12.8. The number of ketones is 1. The van der Waals surface area contributed by atoms with Crippen LogP contribution in [0.4, 0.5) is 5.69 Å². The molecule has 0 spiro atoms. The number of hydrogen-bond donors (Lipinski definition) is 1. The zero-order valence-corrected chi connectivity index (χ0v) is 21.8. The van der Waals surface area contributed by atoms with Gasteiger partial charge in [0.1, 0.15) is 11.5 Å². The third kappa shape index (κ3) is 4.38. The first-order chi connectivity index (χ1) is 18.5. The summed E-state index contributed by atoms with van der Waals surface area (Å²) < 4.78 is 16.8. The lowest BCUT2D eigenvalue weighted by molar-refractivity contribution is -0.132. The van der Waals surface area contributed by atoms with Crippen LogP contribution in [0.3, 0.4) is 0 Å². The molecular weight excluding hydrogens is 482 g/mol. The number of hydrogen-bond acceptors (Lipinski definition) is 6. The summed E-state index contributed by atoms with van der Waals surface area (Å²) in [7, 11) is 3.06. The lowest BCUT2D eigenvalue weighted by atomic mass is 9.88. The van der Waals surface area contributed by atoms with Crippen molar-refractivity contribution >= 4 is 23.1 Å². The minimum absolute atomic E-state index is 0.0179. The van der Waals surface area contributed by atoms with Crippen molar-refractivity contribution in [3.8, 4) is 17.2 Å². The highest BCUT2D eigenvalue weighted by molar-refractivity contribution is 6.52. The van der Waals surface area contributed by atoms with Crippen molar-refractivity contribution in [1.82, 2.24) is 0 Å². The summed E-state index contributed by atoms with van der Waals surface area (Å²) in [5.74, 6) is -0.260. The van der Waals surface area contributed by atoms with Crippen LogP contribution in [0.2, 0.25) is 0 Å². The standard InChI is InChI=1S/C31H31NO6/c1-4-38-26-18-21(15-16-25(26)37-3)28-27(29(33)22-14-13-19-9-5-6-10-20(19)17-22)30(34)31(35)32(28)23-11-7-8-12-24(23)36-2/h7-8,11-18,28,33H,4-6,9-10H2,1-3H3/b29-27+. The van der Waals surface area contributed by atoms with Gasteiger partial charge in [-0.3, -0.25) is 14.5 Å². The van der Waals surface area contributed by atoms with Gasteiger partial charge in [0, 0.05) is 5.56 Å². The maximum Gasteiger partial charge on any atom is 0.300 e. The zero-order valence-electron chi connectivity index (χ0n) is 21.8. The van der Waals surface area contributed by atoms with Gasteiger partial charge < -0.3 is 19.3 Å². The van der Waals surface area contributed by atoms with Crippen LogP contribution in [0.15, 0.2) is 66.2 Å². The van der Waals surface area contributed by atoms with E-state index in [1.807, 2.05) is 25.1 Å². The average molecular weight is 514 g/mol. The van der Waals surface area contributed by atoms with E-state index in [1.165, 1.54) is 23.1 Å². The molecule has 0 radical (unpaired) electrons. The highest BCUT2D eigenvalue weighted by Gasteiger charge is 2.48. The molecule has 1 saturated heterocycles. The average Bonchev–Trinajstić information content (AvgIpc) is 3.22. The van der Waals surface area contributed by atoms with Gasteiger partial charge in [0.15, 0.2) is 11.5 Å². The monoisotopic (exact) mass is 513 g/mol. The Balaban J connectivity index is 1.73. The minimum atomic E-state index is -0.910. The van der Waals surface area contributed by atoms with E-state index in [9.17, 15) is 14.7 Å². The Morgan fingerprint density at radius 3 is 2.37 bits per heavy atom. The third-order valence-electron chi connectivity index (χ3n) is 7.21. The summed E-state index contributed by atoms with van der Waals surface area (Å²) in [4.78, 5) is 28.6. The number of nitrogens with zero attached hydrogens (tertiary/aromatic N) is 1. The number of benzene rings is 3. The number of amides is 1. The van der Waals surface area contributed by atoms with Crippen LogP contribution in [0.5, 0.6) is 17.2 Å². The largest absolute Gasteiger partial charge is 0.507 e. The van der Waals surface area contributed by atoms with Gasteiger partial charge in [0.25, 0.3) is 11.7 Å². The number of para-hydroxylation sites is 2. The number of ether oxygens (including phenoxy) is 3. The van der Waals surface area contributed by atoms with Crippen molar-refractivity contribution in [3.05, 3.63) is 88.5 Å². The molecule has 0 saturated carbocycles. The smallest absolute Gasteiger partial charge is 0.300 e. The molecule has 3 aromatic carbocycles. The van der Waals surface area contributed by atoms with Crippen LogP contribution >= 0.6 is 0 Å². The molecule has 7 nitrogen and oxygen atoms in total. The van der Waals surface area contributed by atoms with E-state index in [4.69, 9.17) is 14.2 Å². The third-order valence-corrected chi connectivity index (χ3v) is 7.21. The van der Waals surface area contributed by atoms with Gasteiger partial charge in [-0.1, -0.05) is 30.3 Å². The molecule has 1 N–H and O–H groups in total. The summed E-state index contributed by atoms with van der Waals surface area (Å²) in [5.41, 5.74) is 3.99. The Morgan fingerprint density at radius 2 is 1.63 bits per heavy atom. The Kier molecular flexibility index (Phi) is 7.09. The molecule has 0 bridgehead atoms. The van der Waals surface area contributed by atoms with Gasteiger partial charge in [-0.05, 0) is 79.6 Å². The fourth-order valence-corrected chi connectivity index (χ4v) is 5.39. The molecule has 1 amide bonds. The van der Waals surface area contributed by atoms with Crippen molar-refractivity contribution < 1.29 is 28.9 Å². The van der Waals surface area contributed by atoms with E-state index in [0.717, 1.165) is 25.7 Å². The molecule has 38 heavy (non-hydrogen) atoms. The summed E-state index contributed by atoms with van der Waals surface area (Å²) in [5, 5.41) is 11.6. The first kappa shape index (κ1) is 25.4. The van der Waals surface area contributed by atoms with Gasteiger partial charge >= 0.3 is 0 Å². The van der Waals surface area contributed by atoms with E-state index in [0.29, 0.717) is 40.7 Å². The Labute approximate surface area is 222 Å². The highest BCUT2D eigenvalue weighted by Crippen LogP contribution is 2.46. The molecule has 1 heterocycles. The van der Waals surface area contributed by atoms with E-state index in [1.54, 1.807) is 49.6 Å². The number of fused-ring (bicyclic) bond motifs is 1. The van der Waals surface area contributed by atoms with E-state index in [-0.39, 0.29) is 11.3 Å². The first-order valence-corrected chi connectivity index (χ1v) is 12.8. The minimum Gasteiger partial charge on any atom is -0.507 e. The number of methoxy groups -OCH3 is 2. The lowest BCUT2D eigenvalue weighted by Gasteiger charge is -2.27. The second-order valence-electron chi connectivity index (χ2n) is 9.37. The second kappa shape index (κ2) is 10.6. The maximum absolute atomic E-state index is 13.6. The van der Waals surface area contributed by atoms with Crippen molar-refractivity contribution in [2.24, 2.45) is 0 Å². The molecule has 3 aromatic rings. The number of anilines is 1. The van der Waals surface area contributed by atoms with Gasteiger partial charge in [0.05, 0.1) is 38.1 Å². The molecule has 0 aromatic heterocycles. The van der Waals surface area contributed by atoms with Gasteiger partial charge in [-0.15, -0.1) is 0 Å². The molecule has 1 aliphatic heterocycles. The summed E-state index contributed by atoms with van der Waals surface area (Å²) in [6.07, 6.45) is 4.15. The number of rotatable bonds is 7. The molecule has 1 atom stereocenters. The van der Waals surface area contributed by atoms with Crippen molar-refractivity contribution in [1.29, 1.82) is 0 Å². The van der Waals surface area contributed by atoms with Gasteiger partial charge in [0.2, 0.25) is 0 Å². The fourth-order valence-electron chi connectivity index (χ4n) is 5.39. The van der Waals surface area contributed by atoms with Gasteiger partial charge in [-0.2, -0.15) is 0 Å². The van der Waals surface area contributed by atoms with Crippen molar-refractivity contribution in [2.45, 2.75) is 38.6 Å². The van der Waals surface area contributed by atoms with E-state index < -0.39 is 17.7 Å². The van der Waals surface area contributed by atoms with E-state index in [2.05, 4.69) is 0 Å². The fraction of sp³-hybridized carbons (Fsp3) is 0.290. The number of carbonyl (C=O) groups excluding carboxylic acids is 2. The Bertz CT molecular complexity index is 1430. The number of aryl methyl sites for hydroxylation is 2. The molecule has 5 rings (SSSR count). The van der Waals surface area contributed by atoms with Crippen LogP contribution in [-0.2, 0) is 22.4 Å². The molecule has 196 valence electrons. The molecule has 1 aliphatic carbocycles. The van der Waals surface area contributed by atoms with Crippen molar-refractivity contribution in [3.63, 3.8) is 0 Å². The molecule has 1 fully saturated rings. The Hall–Kier alpha value is -4.26. The molecule has 1 unspecified atom stereocenters. The number of aliphatic hydroxyl groups excluding tert-OH is 1. The molecular formula is C31H31NO6. The van der Waals surface area contributed by atoms with Crippen molar-refractivity contribution in [2.75, 3.05) is 25.7 Å². The molecule has 2 aliphatic rings. The van der Waals surface area contributed by atoms with E-state index >= 15 is 0 Å². The van der Waals surface area contributed by atoms with Crippen LogP contribution in [0, 0.1) is 0 Å². The normalized spacial score (nSPS) is 18.3. The van der Waals surface area contributed by atoms with Gasteiger partial charge in [-0.25, -0.2) is 0 Å². The lowest BCUT2D eigenvalue weighted by Crippen LogP contribution is -2.29. The SMILES string of the molecule is CCOc1cc(C2/C(=C(\O)c3ccc4c(c3)CCCC4)C(=O)C(=O)N2c2ccccc2OC)ccc1OC. The second-order valence-corrected chi connectivity index (χ2v) is 9.37. The van der Waals surface area contributed by atoms with Crippen LogP contribution in [0.1, 0.15) is 48.1 Å². The number of carbonyl (C=O) groups is 2. The quantitative estimate of drug-likeness (QED) is 0.251. The number of aliphatic hydroxyl groups is 1. The van der Waals surface area contributed by atoms with Crippen LogP contribution in [0.25, 0.3) is 5.76 Å². The maximum atomic E-state index is 13.6. The predicted molar refractivity (Wildman–Crippen MR) is 145 cm³/mol. The highest BCUT2D eigenvalue weighted by atomic mass is 16.5.